The van der Waals surface area contributed by atoms with Gasteiger partial charge in [0.25, 0.3) is 5.91 Å². The van der Waals surface area contributed by atoms with Gasteiger partial charge in [-0.2, -0.15) is 0 Å². The van der Waals surface area contributed by atoms with Crippen LogP contribution in [-0.4, -0.2) is 38.9 Å². The maximum atomic E-state index is 11.5. The second-order valence-electron chi connectivity index (χ2n) is 5.20. The van der Waals surface area contributed by atoms with Crippen molar-refractivity contribution in [3.8, 4) is 23.0 Å². The van der Waals surface area contributed by atoms with Crippen molar-refractivity contribution >= 4 is 11.6 Å². The first-order valence-corrected chi connectivity index (χ1v) is 7.55. The zero-order valence-corrected chi connectivity index (χ0v) is 14.5. The van der Waals surface area contributed by atoms with Crippen LogP contribution >= 0.6 is 0 Å². The highest BCUT2D eigenvalue weighted by atomic mass is 16.5. The summed E-state index contributed by atoms with van der Waals surface area (Å²) in [4.78, 5) is 13.1. The Morgan fingerprint density at radius 1 is 1.00 bits per heavy atom. The van der Waals surface area contributed by atoms with Crippen LogP contribution in [0.1, 0.15) is 0 Å². The zero-order valence-electron chi connectivity index (χ0n) is 14.5. The number of nitrogens with zero attached hydrogens (tertiary/aromatic N) is 1. The van der Waals surface area contributed by atoms with Crippen molar-refractivity contribution in [1.82, 2.24) is 0 Å². The molecule has 1 heterocycles. The van der Waals surface area contributed by atoms with Crippen molar-refractivity contribution in [3.05, 3.63) is 54.6 Å². The van der Waals surface area contributed by atoms with Gasteiger partial charge in [-0.25, -0.2) is 0 Å². The molecule has 132 valence electrons. The Kier molecular flexibility index (Phi) is 5.89. The van der Waals surface area contributed by atoms with Crippen molar-refractivity contribution in [2.45, 2.75) is 0 Å². The Hall–Kier alpha value is -3.15. The predicted octanol–water partition coefficient (Wildman–Crippen LogP) is 3.01. The second-order valence-corrected chi connectivity index (χ2v) is 5.20. The molecule has 1 saturated heterocycles. The van der Waals surface area contributed by atoms with Gasteiger partial charge in [0.1, 0.15) is 11.5 Å². The molecule has 0 radical (unpaired) electrons. The van der Waals surface area contributed by atoms with Crippen LogP contribution in [0.5, 0.6) is 23.0 Å². The first-order valence-electron chi connectivity index (χ1n) is 7.55. The number of hydrogen-bond donors (Lipinski definition) is 1. The average Bonchev–Trinajstić information content (AvgIpc) is 2.66. The third kappa shape index (κ3) is 4.03. The van der Waals surface area contributed by atoms with E-state index in [9.17, 15) is 4.79 Å². The van der Waals surface area contributed by atoms with Gasteiger partial charge in [-0.05, 0) is 24.3 Å². The van der Waals surface area contributed by atoms with Gasteiger partial charge in [-0.15, -0.1) is 0 Å². The molecule has 0 saturated carbocycles. The van der Waals surface area contributed by atoms with E-state index < -0.39 is 0 Å². The van der Waals surface area contributed by atoms with E-state index in [1.807, 2.05) is 6.07 Å². The van der Waals surface area contributed by atoms with Gasteiger partial charge in [0.05, 0.1) is 33.6 Å². The lowest BCUT2D eigenvalue weighted by Gasteiger charge is -2.33. The minimum Gasteiger partial charge on any atom is -0.504 e. The summed E-state index contributed by atoms with van der Waals surface area (Å²) in [5.41, 5.74) is 1.37. The Morgan fingerprint density at radius 2 is 1.68 bits per heavy atom. The fourth-order valence-electron chi connectivity index (χ4n) is 2.26. The van der Waals surface area contributed by atoms with E-state index in [-0.39, 0.29) is 11.7 Å². The Bertz CT molecular complexity index is 772. The molecule has 1 aliphatic heterocycles. The highest BCUT2D eigenvalue weighted by Gasteiger charge is 2.31. The molecular weight excluding hydrogens is 322 g/mol. The summed E-state index contributed by atoms with van der Waals surface area (Å²) in [6, 6.07) is 12.2. The van der Waals surface area contributed by atoms with Crippen molar-refractivity contribution in [2.24, 2.45) is 0 Å². The summed E-state index contributed by atoms with van der Waals surface area (Å²) < 4.78 is 15.1. The number of para-hydroxylation sites is 2. The smallest absolute Gasteiger partial charge is 0.255 e. The number of ether oxygens (including phenoxy) is 3. The summed E-state index contributed by atoms with van der Waals surface area (Å²) in [7, 11) is 4.68. The summed E-state index contributed by atoms with van der Waals surface area (Å²) in [5.74, 6) is 1.97. The molecule has 0 aromatic heterocycles. The number of rotatable bonds is 4. The number of methoxy groups -OCH3 is 3. The number of phenolic OH excluding ortho intramolecular Hbond substituents is 1. The van der Waals surface area contributed by atoms with E-state index in [4.69, 9.17) is 19.3 Å². The van der Waals surface area contributed by atoms with Gasteiger partial charge < -0.3 is 24.2 Å². The predicted molar refractivity (Wildman–Crippen MR) is 95.7 cm³/mol. The van der Waals surface area contributed by atoms with E-state index in [2.05, 4.69) is 6.58 Å². The van der Waals surface area contributed by atoms with Gasteiger partial charge in [0, 0.05) is 11.6 Å². The lowest BCUT2D eigenvalue weighted by Crippen LogP contribution is -2.45. The Balaban J connectivity index is 0.000000212. The summed E-state index contributed by atoms with van der Waals surface area (Å²) in [6.45, 7) is 4.21. The van der Waals surface area contributed by atoms with Crippen LogP contribution in [0.4, 0.5) is 5.69 Å². The van der Waals surface area contributed by atoms with Crippen LogP contribution in [0, 0.1) is 0 Å². The van der Waals surface area contributed by atoms with Crippen LogP contribution in [0.2, 0.25) is 0 Å². The van der Waals surface area contributed by atoms with E-state index in [1.54, 1.807) is 55.5 Å². The maximum Gasteiger partial charge on any atom is 0.255 e. The molecule has 25 heavy (non-hydrogen) atoms. The number of benzene rings is 2. The van der Waals surface area contributed by atoms with E-state index >= 15 is 0 Å². The van der Waals surface area contributed by atoms with Gasteiger partial charge in [0.15, 0.2) is 11.5 Å². The number of amides is 1. The maximum absolute atomic E-state index is 11.5. The topological polar surface area (TPSA) is 68.2 Å². The van der Waals surface area contributed by atoms with Crippen LogP contribution in [0.25, 0.3) is 0 Å². The highest BCUT2D eigenvalue weighted by molar-refractivity contribution is 6.13. The fourth-order valence-corrected chi connectivity index (χ4v) is 2.26. The van der Waals surface area contributed by atoms with Crippen LogP contribution in [-0.2, 0) is 4.79 Å². The molecule has 6 heteroatoms. The molecule has 2 aromatic carbocycles. The molecule has 0 spiro atoms. The standard InChI is InChI=1S/C12H13NO3.C7H8O2/c1-8-7-13(12(8)14)10-5-4-9(15-2)6-11(10)16-3;1-9-7-5-3-2-4-6(7)8/h4-6H,1,7H2,2-3H3;2-5,8H,1H3. The van der Waals surface area contributed by atoms with E-state index in [0.717, 1.165) is 5.69 Å². The summed E-state index contributed by atoms with van der Waals surface area (Å²) >= 11 is 0. The second kappa shape index (κ2) is 8.10. The minimum atomic E-state index is -0.0523. The molecule has 0 unspecified atom stereocenters. The van der Waals surface area contributed by atoms with Gasteiger partial charge >= 0.3 is 0 Å². The normalized spacial score (nSPS) is 12.7. The third-order valence-electron chi connectivity index (χ3n) is 3.66. The number of β-lactam (4-membered cyclic amide) rings is 1. The molecule has 1 aliphatic rings. The zero-order chi connectivity index (χ0) is 18.4. The Morgan fingerprint density at radius 3 is 2.16 bits per heavy atom. The lowest BCUT2D eigenvalue weighted by atomic mass is 10.1. The molecule has 0 atom stereocenters. The molecule has 0 bridgehead atoms. The molecule has 2 aromatic rings. The van der Waals surface area contributed by atoms with Crippen molar-refractivity contribution in [3.63, 3.8) is 0 Å². The molecule has 1 fully saturated rings. The molecule has 0 aliphatic carbocycles. The molecular formula is C19H21NO5. The van der Waals surface area contributed by atoms with Gasteiger partial charge in [-0.3, -0.25) is 4.79 Å². The molecule has 1 N–H and O–H groups in total. The van der Waals surface area contributed by atoms with Crippen LogP contribution < -0.4 is 19.1 Å². The number of carbonyl (C=O) groups is 1. The number of phenols is 1. The lowest BCUT2D eigenvalue weighted by molar-refractivity contribution is -0.117. The third-order valence-corrected chi connectivity index (χ3v) is 3.66. The molecule has 6 nitrogen and oxygen atoms in total. The largest absolute Gasteiger partial charge is 0.504 e. The Labute approximate surface area is 146 Å². The SMILES string of the molecule is C=C1CN(c2ccc(OC)cc2OC)C1=O.COc1ccccc1O. The number of anilines is 1. The van der Waals surface area contributed by atoms with Crippen LogP contribution in [0.15, 0.2) is 54.6 Å². The number of aromatic hydroxyl groups is 1. The monoisotopic (exact) mass is 343 g/mol. The van der Waals surface area contributed by atoms with E-state index in [1.165, 1.54) is 7.11 Å². The quantitative estimate of drug-likeness (QED) is 0.683. The first-order chi connectivity index (χ1) is 12.0. The average molecular weight is 343 g/mol. The fraction of sp³-hybridized carbons (Fsp3) is 0.211. The first kappa shape index (κ1) is 18.2. The van der Waals surface area contributed by atoms with E-state index in [0.29, 0.717) is 29.4 Å². The summed E-state index contributed by atoms with van der Waals surface area (Å²) in [5, 5.41) is 8.99. The number of hydrogen-bond acceptors (Lipinski definition) is 5. The summed E-state index contributed by atoms with van der Waals surface area (Å²) in [6.07, 6.45) is 0. The molecule has 1 amide bonds. The van der Waals surface area contributed by atoms with Gasteiger partial charge in [-0.1, -0.05) is 18.7 Å². The van der Waals surface area contributed by atoms with Crippen molar-refractivity contribution in [1.29, 1.82) is 0 Å². The number of carbonyl (C=O) groups excluding carboxylic acids is 1. The highest BCUT2D eigenvalue weighted by Crippen LogP contribution is 2.35. The van der Waals surface area contributed by atoms with Gasteiger partial charge in [0.2, 0.25) is 0 Å². The minimum absolute atomic E-state index is 0.0523. The van der Waals surface area contributed by atoms with Crippen molar-refractivity contribution in [2.75, 3.05) is 32.8 Å². The van der Waals surface area contributed by atoms with Crippen LogP contribution in [0.3, 0.4) is 0 Å². The van der Waals surface area contributed by atoms with Crippen molar-refractivity contribution < 1.29 is 24.1 Å². The molecule has 3 rings (SSSR count).